The quantitative estimate of drug-likeness (QED) is 0.161. The predicted octanol–water partition coefficient (Wildman–Crippen LogP) is 0.696. The molecule has 0 aliphatic carbocycles. The molecule has 1 heterocycles. The fourth-order valence-corrected chi connectivity index (χ4v) is 4.45. The van der Waals surface area contributed by atoms with Crippen LogP contribution >= 0.6 is 11.3 Å². The molecule has 6 N–H and O–H groups in total. The van der Waals surface area contributed by atoms with Crippen molar-refractivity contribution in [1.82, 2.24) is 4.72 Å². The Kier molecular flexibility index (Phi) is 8.24. The molecule has 1 aromatic carbocycles. The van der Waals surface area contributed by atoms with E-state index in [0.29, 0.717) is 30.9 Å². The van der Waals surface area contributed by atoms with E-state index in [1.165, 1.54) is 22.8 Å². The molecule has 29 heavy (non-hydrogen) atoms. The second kappa shape index (κ2) is 10.6. The summed E-state index contributed by atoms with van der Waals surface area (Å²) in [4.78, 5) is 16.4. The van der Waals surface area contributed by atoms with Gasteiger partial charge in [-0.2, -0.15) is 16.1 Å². The number of benzene rings is 1. The van der Waals surface area contributed by atoms with Crippen LogP contribution in [0.4, 0.5) is 0 Å². The van der Waals surface area contributed by atoms with E-state index < -0.39 is 22.0 Å². The van der Waals surface area contributed by atoms with Crippen molar-refractivity contribution in [1.29, 1.82) is 0 Å². The van der Waals surface area contributed by atoms with Gasteiger partial charge in [0.1, 0.15) is 18.4 Å². The summed E-state index contributed by atoms with van der Waals surface area (Å²) in [5.41, 5.74) is 10.9. The van der Waals surface area contributed by atoms with Gasteiger partial charge in [-0.15, -0.1) is 0 Å². The average Bonchev–Trinajstić information content (AvgIpc) is 3.20. The molecule has 1 atom stereocenters. The van der Waals surface area contributed by atoms with Crippen LogP contribution in [0.3, 0.4) is 0 Å². The number of sulfonamides is 1. The van der Waals surface area contributed by atoms with Crippen LogP contribution in [0.1, 0.15) is 12.0 Å². The molecule has 0 amide bonds. The van der Waals surface area contributed by atoms with E-state index in [-0.39, 0.29) is 17.3 Å². The molecular formula is C17H22N4O6S2. The van der Waals surface area contributed by atoms with Gasteiger partial charge in [-0.3, -0.25) is 4.79 Å². The summed E-state index contributed by atoms with van der Waals surface area (Å²) in [6.07, 6.45) is 0.551. The minimum atomic E-state index is -3.90. The van der Waals surface area contributed by atoms with E-state index in [0.717, 1.165) is 0 Å². The van der Waals surface area contributed by atoms with Crippen molar-refractivity contribution in [2.24, 2.45) is 16.6 Å². The van der Waals surface area contributed by atoms with Gasteiger partial charge in [-0.25, -0.2) is 8.42 Å². The molecule has 0 fully saturated rings. The molecule has 2 rings (SSSR count). The maximum atomic E-state index is 12.3. The second-order valence-electron chi connectivity index (χ2n) is 5.87. The van der Waals surface area contributed by atoms with Crippen molar-refractivity contribution in [3.8, 4) is 5.75 Å². The lowest BCUT2D eigenvalue weighted by molar-refractivity contribution is -0.138. The Bertz CT molecular complexity index is 910. The van der Waals surface area contributed by atoms with Crippen molar-refractivity contribution >= 4 is 33.3 Å². The molecule has 0 saturated heterocycles. The number of carbonyl (C=O) groups is 1. The van der Waals surface area contributed by atoms with E-state index in [2.05, 4.69) is 9.88 Å². The van der Waals surface area contributed by atoms with E-state index in [9.17, 15) is 18.3 Å². The number of hydrogen-bond acceptors (Lipinski definition) is 7. The summed E-state index contributed by atoms with van der Waals surface area (Å²) >= 11 is 1.21. The number of thiophene rings is 1. The van der Waals surface area contributed by atoms with Crippen LogP contribution in [0.25, 0.3) is 0 Å². The van der Waals surface area contributed by atoms with E-state index >= 15 is 0 Å². The lowest BCUT2D eigenvalue weighted by atomic mass is 10.1. The maximum absolute atomic E-state index is 12.3. The number of nitrogens with one attached hydrogen (secondary N) is 1. The number of ether oxygens (including phenoxy) is 1. The summed E-state index contributed by atoms with van der Waals surface area (Å²) in [5.74, 6) is -0.829. The number of hydrogen-bond donors (Lipinski definition) is 4. The Morgan fingerprint density at radius 1 is 1.21 bits per heavy atom. The highest BCUT2D eigenvalue weighted by atomic mass is 32.2. The molecule has 158 valence electrons. The smallest absolute Gasteiger partial charge is 0.322 e. The van der Waals surface area contributed by atoms with Crippen molar-refractivity contribution in [3.05, 3.63) is 46.7 Å². The molecule has 0 saturated carbocycles. The van der Waals surface area contributed by atoms with Crippen molar-refractivity contribution in [2.45, 2.75) is 23.8 Å². The number of nitrogens with two attached hydrogens (primary N) is 2. The summed E-state index contributed by atoms with van der Waals surface area (Å²) in [6.45, 7) is 0.665. The maximum Gasteiger partial charge on any atom is 0.322 e. The summed E-state index contributed by atoms with van der Waals surface area (Å²) < 4.78 is 32.3. The van der Waals surface area contributed by atoms with Crippen LogP contribution < -0.4 is 20.9 Å². The molecule has 10 nitrogen and oxygen atoms in total. The van der Waals surface area contributed by atoms with E-state index in [1.54, 1.807) is 29.6 Å². The fraction of sp³-hybridized carbons (Fsp3) is 0.294. The van der Waals surface area contributed by atoms with Gasteiger partial charge in [-0.1, -0.05) is 12.1 Å². The molecule has 0 unspecified atom stereocenters. The normalized spacial score (nSPS) is 12.1. The molecule has 0 bridgehead atoms. The molecule has 0 aliphatic rings. The first-order valence-corrected chi connectivity index (χ1v) is 10.9. The van der Waals surface area contributed by atoms with Gasteiger partial charge in [0, 0.05) is 11.8 Å². The number of carboxylic acids is 1. The standard InChI is InChI=1S/C17H22N4O6S2/c18-17(19)20-27-8-1-7-26-13-4-2-12(3-5-13)10-15(16(22)23)21-29(24,25)14-6-9-28-11-14/h2-6,9,11,15,21H,1,7-8,10H2,(H,22,23)(H4,18,19,20)/t15-/m0/s1. The number of aliphatic carboxylic acids is 1. The predicted molar refractivity (Wildman–Crippen MR) is 108 cm³/mol. The van der Waals surface area contributed by atoms with Gasteiger partial charge >= 0.3 is 5.97 Å². The van der Waals surface area contributed by atoms with Gasteiger partial charge in [0.2, 0.25) is 16.0 Å². The van der Waals surface area contributed by atoms with Crippen molar-refractivity contribution < 1.29 is 27.9 Å². The topological polar surface area (TPSA) is 166 Å². The number of nitrogens with zero attached hydrogens (tertiary/aromatic N) is 1. The Balaban J connectivity index is 1.87. The SMILES string of the molecule is NC(N)=NOCCCOc1ccc(C[C@H](NS(=O)(=O)c2ccsc2)C(=O)O)cc1. The minimum Gasteiger partial charge on any atom is -0.493 e. The first-order valence-electron chi connectivity index (χ1n) is 8.48. The third-order valence-electron chi connectivity index (χ3n) is 3.58. The molecule has 0 aliphatic heterocycles. The molecular weight excluding hydrogens is 420 g/mol. The lowest BCUT2D eigenvalue weighted by Gasteiger charge is -2.15. The van der Waals surface area contributed by atoms with Crippen molar-refractivity contribution in [2.75, 3.05) is 13.2 Å². The summed E-state index contributed by atoms with van der Waals surface area (Å²) in [6, 6.07) is 6.84. The van der Waals surface area contributed by atoms with E-state index in [4.69, 9.17) is 21.0 Å². The fourth-order valence-electron chi connectivity index (χ4n) is 2.23. The van der Waals surface area contributed by atoms with Gasteiger partial charge < -0.3 is 26.1 Å². The zero-order valence-corrected chi connectivity index (χ0v) is 17.0. The van der Waals surface area contributed by atoms with Gasteiger partial charge in [0.15, 0.2) is 0 Å². The third-order valence-corrected chi connectivity index (χ3v) is 5.88. The monoisotopic (exact) mass is 442 g/mol. The number of rotatable bonds is 12. The van der Waals surface area contributed by atoms with Gasteiger partial charge in [-0.05, 0) is 40.7 Å². The average molecular weight is 443 g/mol. The Hall–Kier alpha value is -2.83. The van der Waals surface area contributed by atoms with Crippen LogP contribution in [0.15, 0.2) is 51.1 Å². The van der Waals surface area contributed by atoms with Gasteiger partial charge in [0.05, 0.1) is 11.5 Å². The lowest BCUT2D eigenvalue weighted by Crippen LogP contribution is -2.42. The highest BCUT2D eigenvalue weighted by molar-refractivity contribution is 7.89. The third kappa shape index (κ3) is 7.60. The number of guanidine groups is 1. The second-order valence-corrected chi connectivity index (χ2v) is 8.36. The van der Waals surface area contributed by atoms with Crippen molar-refractivity contribution in [3.63, 3.8) is 0 Å². The largest absolute Gasteiger partial charge is 0.493 e. The number of carboxylic acid groups (broad SMARTS) is 1. The minimum absolute atomic E-state index is 0.00860. The van der Waals surface area contributed by atoms with Gasteiger partial charge in [0.25, 0.3) is 0 Å². The molecule has 0 radical (unpaired) electrons. The highest BCUT2D eigenvalue weighted by Gasteiger charge is 2.25. The molecule has 0 spiro atoms. The van der Waals surface area contributed by atoms with Crippen LogP contribution in [-0.4, -0.2) is 44.7 Å². The summed E-state index contributed by atoms with van der Waals surface area (Å²) in [7, 11) is -3.90. The Labute approximate surface area is 172 Å². The first-order chi connectivity index (χ1) is 13.8. The Morgan fingerprint density at radius 2 is 1.93 bits per heavy atom. The van der Waals surface area contributed by atoms with Crippen LogP contribution in [0.5, 0.6) is 5.75 Å². The zero-order chi connectivity index (χ0) is 21.3. The Morgan fingerprint density at radius 3 is 2.52 bits per heavy atom. The van der Waals surface area contributed by atoms with Crippen LogP contribution in [-0.2, 0) is 26.1 Å². The van der Waals surface area contributed by atoms with Crippen LogP contribution in [0, 0.1) is 0 Å². The number of oxime groups is 1. The zero-order valence-electron chi connectivity index (χ0n) is 15.4. The van der Waals surface area contributed by atoms with E-state index in [1.807, 2.05) is 0 Å². The molecule has 2 aromatic rings. The molecule has 1 aromatic heterocycles. The van der Waals surface area contributed by atoms with Crippen LogP contribution in [0.2, 0.25) is 0 Å². The summed E-state index contributed by atoms with van der Waals surface area (Å²) in [5, 5.41) is 15.8. The first kappa shape index (κ1) is 22.5. The molecule has 12 heteroatoms. The highest BCUT2D eigenvalue weighted by Crippen LogP contribution is 2.16.